The lowest BCUT2D eigenvalue weighted by atomic mass is 10.1. The van der Waals surface area contributed by atoms with Crippen LogP contribution in [0.1, 0.15) is 28.7 Å². The molecule has 0 aromatic carbocycles. The van der Waals surface area contributed by atoms with Crippen LogP contribution in [0.25, 0.3) is 11.0 Å². The van der Waals surface area contributed by atoms with Crippen LogP contribution in [-0.4, -0.2) is 39.2 Å². The lowest BCUT2D eigenvalue weighted by molar-refractivity contribution is 0.0804. The Morgan fingerprint density at radius 1 is 1.44 bits per heavy atom. The summed E-state index contributed by atoms with van der Waals surface area (Å²) in [4.78, 5) is 18.5. The minimum absolute atomic E-state index is 0.0177. The van der Waals surface area contributed by atoms with Gasteiger partial charge in [0.2, 0.25) is 0 Å². The molecule has 0 unspecified atom stereocenters. The van der Waals surface area contributed by atoms with E-state index in [-0.39, 0.29) is 5.91 Å². The molecule has 0 spiro atoms. The van der Waals surface area contributed by atoms with Gasteiger partial charge in [0.05, 0.1) is 16.6 Å². The van der Waals surface area contributed by atoms with E-state index in [2.05, 4.69) is 10.1 Å². The molecule has 0 saturated heterocycles. The fourth-order valence-electron chi connectivity index (χ4n) is 2.09. The predicted molar refractivity (Wildman–Crippen MR) is 70.6 cm³/mol. The third-order valence-electron chi connectivity index (χ3n) is 3.15. The Hall–Kier alpha value is -1.91. The molecular weight excluding hydrogens is 228 g/mol. The van der Waals surface area contributed by atoms with Crippen molar-refractivity contribution in [1.82, 2.24) is 19.7 Å². The first-order chi connectivity index (χ1) is 8.45. The number of nitrogens with zero attached hydrogens (tertiary/aromatic N) is 4. The maximum absolute atomic E-state index is 12.4. The Morgan fingerprint density at radius 3 is 2.72 bits per heavy atom. The van der Waals surface area contributed by atoms with Gasteiger partial charge in [-0.15, -0.1) is 0 Å². The van der Waals surface area contributed by atoms with Gasteiger partial charge in [-0.25, -0.2) is 4.98 Å². The number of hydrogen-bond donors (Lipinski definition) is 0. The van der Waals surface area contributed by atoms with Gasteiger partial charge in [-0.05, 0) is 26.8 Å². The number of pyridine rings is 1. The quantitative estimate of drug-likeness (QED) is 0.810. The van der Waals surface area contributed by atoms with Crippen LogP contribution >= 0.6 is 0 Å². The topological polar surface area (TPSA) is 51.0 Å². The lowest BCUT2D eigenvalue weighted by Crippen LogP contribution is -2.26. The number of amides is 1. The summed E-state index contributed by atoms with van der Waals surface area (Å²) in [5.41, 5.74) is 3.12. The third-order valence-corrected chi connectivity index (χ3v) is 3.15. The van der Waals surface area contributed by atoms with Crippen molar-refractivity contribution in [3.05, 3.63) is 23.0 Å². The molecule has 5 heteroatoms. The molecule has 0 radical (unpaired) electrons. The summed E-state index contributed by atoms with van der Waals surface area (Å²) in [5, 5.41) is 5.20. The number of carbonyl (C=O) groups is 1. The van der Waals surface area contributed by atoms with Crippen molar-refractivity contribution in [2.24, 2.45) is 7.05 Å². The molecule has 0 fully saturated rings. The van der Waals surface area contributed by atoms with Gasteiger partial charge in [-0.3, -0.25) is 9.48 Å². The molecule has 2 aromatic rings. The van der Waals surface area contributed by atoms with Crippen LogP contribution in [0.15, 0.2) is 6.07 Å². The number of aryl methyl sites for hydroxylation is 3. The van der Waals surface area contributed by atoms with E-state index in [1.165, 1.54) is 0 Å². The van der Waals surface area contributed by atoms with E-state index < -0.39 is 0 Å². The Morgan fingerprint density at radius 2 is 2.11 bits per heavy atom. The molecule has 1 amide bonds. The van der Waals surface area contributed by atoms with E-state index in [9.17, 15) is 4.79 Å². The number of hydrogen-bond acceptors (Lipinski definition) is 3. The normalized spacial score (nSPS) is 10.9. The molecular formula is C13H18N4O. The van der Waals surface area contributed by atoms with Gasteiger partial charge in [0.15, 0.2) is 5.65 Å². The second-order valence-electron chi connectivity index (χ2n) is 4.54. The highest BCUT2D eigenvalue weighted by Crippen LogP contribution is 2.22. The zero-order chi connectivity index (χ0) is 13.4. The summed E-state index contributed by atoms with van der Waals surface area (Å²) < 4.78 is 1.72. The second kappa shape index (κ2) is 4.40. The monoisotopic (exact) mass is 246 g/mol. The summed E-state index contributed by atoms with van der Waals surface area (Å²) >= 11 is 0. The second-order valence-corrected chi connectivity index (χ2v) is 4.54. The standard InChI is InChI=1S/C13H18N4O/c1-6-16(4)13(18)10-7-8(2)14-12-11(10)9(3)15-17(12)5/h7H,6H2,1-5H3. The maximum atomic E-state index is 12.4. The first kappa shape index (κ1) is 12.5. The summed E-state index contributed by atoms with van der Waals surface area (Å²) in [6, 6.07) is 1.84. The Bertz CT molecular complexity index is 615. The number of aromatic nitrogens is 3. The first-order valence-electron chi connectivity index (χ1n) is 6.02. The van der Waals surface area contributed by atoms with Crippen LogP contribution in [0.5, 0.6) is 0 Å². The van der Waals surface area contributed by atoms with Crippen molar-refractivity contribution < 1.29 is 4.79 Å². The van der Waals surface area contributed by atoms with E-state index >= 15 is 0 Å². The highest BCUT2D eigenvalue weighted by atomic mass is 16.2. The molecule has 18 heavy (non-hydrogen) atoms. The van der Waals surface area contributed by atoms with Crippen LogP contribution in [-0.2, 0) is 7.05 Å². The molecule has 96 valence electrons. The van der Waals surface area contributed by atoms with Gasteiger partial charge < -0.3 is 4.90 Å². The van der Waals surface area contributed by atoms with Crippen molar-refractivity contribution in [2.45, 2.75) is 20.8 Å². The van der Waals surface area contributed by atoms with Gasteiger partial charge in [0.1, 0.15) is 0 Å². The van der Waals surface area contributed by atoms with E-state index in [0.29, 0.717) is 12.1 Å². The van der Waals surface area contributed by atoms with Gasteiger partial charge >= 0.3 is 0 Å². The van der Waals surface area contributed by atoms with Crippen LogP contribution in [0.4, 0.5) is 0 Å². The number of rotatable bonds is 2. The van der Waals surface area contributed by atoms with Crippen LogP contribution in [0, 0.1) is 13.8 Å². The number of fused-ring (bicyclic) bond motifs is 1. The molecule has 0 saturated carbocycles. The zero-order valence-electron chi connectivity index (χ0n) is 11.5. The molecule has 0 aliphatic heterocycles. The average molecular weight is 246 g/mol. The Kier molecular flexibility index (Phi) is 3.07. The van der Waals surface area contributed by atoms with E-state index in [4.69, 9.17) is 0 Å². The van der Waals surface area contributed by atoms with Crippen LogP contribution in [0.2, 0.25) is 0 Å². The Labute approximate surface area is 106 Å². The third kappa shape index (κ3) is 1.85. The Balaban J connectivity index is 2.73. The van der Waals surface area contributed by atoms with Crippen molar-refractivity contribution in [2.75, 3.05) is 13.6 Å². The van der Waals surface area contributed by atoms with Crippen LogP contribution < -0.4 is 0 Å². The van der Waals surface area contributed by atoms with E-state index in [1.807, 2.05) is 33.9 Å². The zero-order valence-corrected chi connectivity index (χ0v) is 11.5. The fourth-order valence-corrected chi connectivity index (χ4v) is 2.09. The number of carbonyl (C=O) groups excluding carboxylic acids is 1. The summed E-state index contributed by atoms with van der Waals surface area (Å²) in [5.74, 6) is 0.0177. The lowest BCUT2D eigenvalue weighted by Gasteiger charge is -2.15. The minimum atomic E-state index is 0.0177. The summed E-state index contributed by atoms with van der Waals surface area (Å²) in [6.07, 6.45) is 0. The summed E-state index contributed by atoms with van der Waals surface area (Å²) in [6.45, 7) is 6.44. The largest absolute Gasteiger partial charge is 0.342 e. The highest BCUT2D eigenvalue weighted by Gasteiger charge is 2.19. The SMILES string of the molecule is CCN(C)C(=O)c1cc(C)nc2c1c(C)nn2C. The van der Waals surface area contributed by atoms with Gasteiger partial charge in [-0.2, -0.15) is 5.10 Å². The summed E-state index contributed by atoms with van der Waals surface area (Å²) in [7, 11) is 3.65. The van der Waals surface area contributed by atoms with Gasteiger partial charge in [-0.1, -0.05) is 0 Å². The first-order valence-corrected chi connectivity index (χ1v) is 6.02. The van der Waals surface area contributed by atoms with Crippen molar-refractivity contribution >= 4 is 16.9 Å². The van der Waals surface area contributed by atoms with Crippen molar-refractivity contribution in [3.8, 4) is 0 Å². The smallest absolute Gasteiger partial charge is 0.254 e. The molecule has 2 rings (SSSR count). The fraction of sp³-hybridized carbons (Fsp3) is 0.462. The molecule has 0 aliphatic carbocycles. The average Bonchev–Trinajstić information content (AvgIpc) is 2.62. The van der Waals surface area contributed by atoms with Crippen molar-refractivity contribution in [1.29, 1.82) is 0 Å². The van der Waals surface area contributed by atoms with E-state index in [0.717, 1.165) is 22.4 Å². The van der Waals surface area contributed by atoms with E-state index in [1.54, 1.807) is 16.6 Å². The molecule has 2 aromatic heterocycles. The molecule has 0 N–H and O–H groups in total. The van der Waals surface area contributed by atoms with Crippen LogP contribution in [0.3, 0.4) is 0 Å². The molecule has 0 aliphatic rings. The molecule has 0 atom stereocenters. The highest BCUT2D eigenvalue weighted by molar-refractivity contribution is 6.06. The van der Waals surface area contributed by atoms with Crippen molar-refractivity contribution in [3.63, 3.8) is 0 Å². The predicted octanol–water partition coefficient (Wildman–Crippen LogP) is 1.68. The van der Waals surface area contributed by atoms with Gasteiger partial charge in [0, 0.05) is 26.3 Å². The molecule has 2 heterocycles. The maximum Gasteiger partial charge on any atom is 0.254 e. The molecule has 5 nitrogen and oxygen atoms in total. The molecule has 0 bridgehead atoms. The minimum Gasteiger partial charge on any atom is -0.342 e. The van der Waals surface area contributed by atoms with Gasteiger partial charge in [0.25, 0.3) is 5.91 Å².